The molecular formula is C21H19N3O4. The molecule has 7 nitrogen and oxygen atoms in total. The fourth-order valence-electron chi connectivity index (χ4n) is 3.02. The molecule has 142 valence electrons. The third kappa shape index (κ3) is 3.46. The normalized spacial score (nSPS) is 12.2. The van der Waals surface area contributed by atoms with Gasteiger partial charge in [-0.3, -0.25) is 4.79 Å². The van der Waals surface area contributed by atoms with Gasteiger partial charge in [0.15, 0.2) is 12.3 Å². The number of pyridine rings is 1. The highest BCUT2D eigenvalue weighted by atomic mass is 16.5. The first-order valence-electron chi connectivity index (χ1n) is 8.91. The second-order valence-electron chi connectivity index (χ2n) is 6.57. The van der Waals surface area contributed by atoms with Gasteiger partial charge in [0.2, 0.25) is 0 Å². The molecule has 1 atom stereocenters. The molecule has 28 heavy (non-hydrogen) atoms. The van der Waals surface area contributed by atoms with Gasteiger partial charge in [-0.15, -0.1) is 0 Å². The molecule has 1 N–H and O–H groups in total. The van der Waals surface area contributed by atoms with Crippen LogP contribution >= 0.6 is 0 Å². The van der Waals surface area contributed by atoms with Crippen molar-refractivity contribution in [3.63, 3.8) is 0 Å². The smallest absolute Gasteiger partial charge is 0.359 e. The van der Waals surface area contributed by atoms with Crippen molar-refractivity contribution in [2.75, 3.05) is 6.61 Å². The summed E-state index contributed by atoms with van der Waals surface area (Å²) in [5.74, 6) is -0.424. The Morgan fingerprint density at radius 2 is 2.04 bits per heavy atom. The standard InChI is InChI=1S/C21H19N3O4/c1-13-6-5-9-19-23-16(11-24(13)19)21(26)27-12-20(25)22-14(2)18-10-15-7-3-4-8-17(15)28-18/h3-11,14H,12H2,1-2H3,(H,22,25). The number of nitrogens with zero attached hydrogens (tertiary/aromatic N) is 2. The summed E-state index contributed by atoms with van der Waals surface area (Å²) in [7, 11) is 0. The maximum Gasteiger partial charge on any atom is 0.359 e. The van der Waals surface area contributed by atoms with Crippen LogP contribution in [0.1, 0.15) is 34.9 Å². The zero-order chi connectivity index (χ0) is 19.7. The minimum atomic E-state index is -0.644. The highest BCUT2D eigenvalue weighted by molar-refractivity contribution is 5.90. The molecule has 0 saturated heterocycles. The molecule has 0 aliphatic carbocycles. The van der Waals surface area contributed by atoms with Crippen LogP contribution in [0.25, 0.3) is 16.6 Å². The molecule has 4 rings (SSSR count). The maximum absolute atomic E-state index is 12.2. The van der Waals surface area contributed by atoms with Crippen molar-refractivity contribution in [3.05, 3.63) is 71.9 Å². The van der Waals surface area contributed by atoms with E-state index in [0.29, 0.717) is 11.4 Å². The van der Waals surface area contributed by atoms with E-state index in [0.717, 1.165) is 16.7 Å². The van der Waals surface area contributed by atoms with Crippen molar-refractivity contribution >= 4 is 28.5 Å². The van der Waals surface area contributed by atoms with Crippen molar-refractivity contribution in [2.45, 2.75) is 19.9 Å². The van der Waals surface area contributed by atoms with Gasteiger partial charge in [0, 0.05) is 17.3 Å². The largest absolute Gasteiger partial charge is 0.459 e. The van der Waals surface area contributed by atoms with E-state index >= 15 is 0 Å². The average Bonchev–Trinajstić information content (AvgIpc) is 3.31. The van der Waals surface area contributed by atoms with Gasteiger partial charge in [0.25, 0.3) is 5.91 Å². The number of carbonyl (C=O) groups is 2. The number of aromatic nitrogens is 2. The van der Waals surface area contributed by atoms with Crippen LogP contribution in [0.4, 0.5) is 0 Å². The van der Waals surface area contributed by atoms with Gasteiger partial charge < -0.3 is 18.9 Å². The van der Waals surface area contributed by atoms with Crippen molar-refractivity contribution < 1.29 is 18.7 Å². The lowest BCUT2D eigenvalue weighted by Gasteiger charge is -2.11. The van der Waals surface area contributed by atoms with Crippen LogP contribution in [0.15, 0.2) is 59.1 Å². The maximum atomic E-state index is 12.2. The molecule has 1 amide bonds. The minimum Gasteiger partial charge on any atom is -0.459 e. The van der Waals surface area contributed by atoms with Gasteiger partial charge in [0.05, 0.1) is 6.04 Å². The third-order valence-electron chi connectivity index (χ3n) is 4.49. The number of nitrogens with one attached hydrogen (secondary N) is 1. The summed E-state index contributed by atoms with van der Waals surface area (Å²) in [5, 5.41) is 3.73. The minimum absolute atomic E-state index is 0.160. The zero-order valence-electron chi connectivity index (χ0n) is 15.5. The van der Waals surface area contributed by atoms with Crippen LogP contribution in [-0.2, 0) is 9.53 Å². The van der Waals surface area contributed by atoms with Crippen molar-refractivity contribution in [3.8, 4) is 0 Å². The molecule has 1 unspecified atom stereocenters. The summed E-state index contributed by atoms with van der Waals surface area (Å²) < 4.78 is 12.6. The molecule has 0 saturated carbocycles. The Hall–Kier alpha value is -3.61. The first kappa shape index (κ1) is 17.8. The highest BCUT2D eigenvalue weighted by Crippen LogP contribution is 2.23. The molecule has 7 heteroatoms. The zero-order valence-corrected chi connectivity index (χ0v) is 15.5. The highest BCUT2D eigenvalue weighted by Gasteiger charge is 2.17. The lowest BCUT2D eigenvalue weighted by atomic mass is 10.2. The summed E-state index contributed by atoms with van der Waals surface area (Å²) in [5.41, 5.74) is 2.51. The van der Waals surface area contributed by atoms with Gasteiger partial charge in [-0.2, -0.15) is 0 Å². The Bertz CT molecular complexity index is 1140. The SMILES string of the molecule is Cc1cccc2nc(C(=O)OCC(=O)NC(C)c3cc4ccccc4o3)cn12. The number of para-hydroxylation sites is 1. The first-order chi connectivity index (χ1) is 13.5. The monoisotopic (exact) mass is 377 g/mol. The molecule has 0 bridgehead atoms. The van der Waals surface area contributed by atoms with Crippen LogP contribution in [-0.4, -0.2) is 27.9 Å². The molecule has 0 radical (unpaired) electrons. The van der Waals surface area contributed by atoms with Gasteiger partial charge in [-0.05, 0) is 38.1 Å². The van der Waals surface area contributed by atoms with Crippen LogP contribution < -0.4 is 5.32 Å². The van der Waals surface area contributed by atoms with E-state index in [1.165, 1.54) is 0 Å². The lowest BCUT2D eigenvalue weighted by Crippen LogP contribution is -2.31. The topological polar surface area (TPSA) is 85.8 Å². The number of carbonyl (C=O) groups excluding carboxylic acids is 2. The fraction of sp³-hybridized carbons (Fsp3) is 0.190. The van der Waals surface area contributed by atoms with E-state index in [4.69, 9.17) is 9.15 Å². The second-order valence-corrected chi connectivity index (χ2v) is 6.57. The number of aryl methyl sites for hydroxylation is 1. The van der Waals surface area contributed by atoms with Gasteiger partial charge in [-0.1, -0.05) is 24.3 Å². The van der Waals surface area contributed by atoms with Crippen LogP contribution in [0.3, 0.4) is 0 Å². The summed E-state index contributed by atoms with van der Waals surface area (Å²) in [4.78, 5) is 28.6. The Kier molecular flexibility index (Phi) is 4.57. The number of benzene rings is 1. The van der Waals surface area contributed by atoms with Crippen LogP contribution in [0, 0.1) is 6.92 Å². The van der Waals surface area contributed by atoms with Gasteiger partial charge >= 0.3 is 5.97 Å². The second kappa shape index (κ2) is 7.19. The molecule has 3 aromatic heterocycles. The van der Waals surface area contributed by atoms with E-state index < -0.39 is 18.5 Å². The predicted octanol–water partition coefficient (Wildman–Crippen LogP) is 3.42. The molecule has 0 aliphatic rings. The Balaban J connectivity index is 1.36. The van der Waals surface area contributed by atoms with E-state index in [1.54, 1.807) is 16.7 Å². The van der Waals surface area contributed by atoms with E-state index in [1.807, 2.05) is 56.3 Å². The molecular weight excluding hydrogens is 358 g/mol. The van der Waals surface area contributed by atoms with E-state index in [9.17, 15) is 9.59 Å². The van der Waals surface area contributed by atoms with Crippen molar-refractivity contribution in [1.29, 1.82) is 0 Å². The first-order valence-corrected chi connectivity index (χ1v) is 8.91. The molecule has 0 spiro atoms. The molecule has 1 aromatic carbocycles. The molecule has 4 aromatic rings. The number of esters is 1. The van der Waals surface area contributed by atoms with Crippen LogP contribution in [0.5, 0.6) is 0 Å². The number of hydrogen-bond donors (Lipinski definition) is 1. The molecule has 0 aliphatic heterocycles. The fourth-order valence-corrected chi connectivity index (χ4v) is 3.02. The van der Waals surface area contributed by atoms with Gasteiger partial charge in [0.1, 0.15) is 17.0 Å². The number of rotatable bonds is 5. The summed E-state index contributed by atoms with van der Waals surface area (Å²) >= 11 is 0. The quantitative estimate of drug-likeness (QED) is 0.539. The number of furan rings is 1. The summed E-state index contributed by atoms with van der Waals surface area (Å²) in [6.45, 7) is 3.33. The molecule has 0 fully saturated rings. The number of imidazole rings is 1. The number of ether oxygens (including phenoxy) is 1. The summed E-state index contributed by atoms with van der Waals surface area (Å²) in [6, 6.07) is 14.7. The Morgan fingerprint density at radius 3 is 2.82 bits per heavy atom. The number of fused-ring (bicyclic) bond motifs is 2. The van der Waals surface area contributed by atoms with Crippen molar-refractivity contribution in [1.82, 2.24) is 14.7 Å². The lowest BCUT2D eigenvalue weighted by molar-refractivity contribution is -0.125. The third-order valence-corrected chi connectivity index (χ3v) is 4.49. The van der Waals surface area contributed by atoms with Crippen molar-refractivity contribution in [2.24, 2.45) is 0 Å². The Labute approximate surface area is 160 Å². The average molecular weight is 377 g/mol. The number of hydrogen-bond acceptors (Lipinski definition) is 5. The van der Waals surface area contributed by atoms with E-state index in [-0.39, 0.29) is 11.7 Å². The van der Waals surface area contributed by atoms with Crippen LogP contribution in [0.2, 0.25) is 0 Å². The predicted molar refractivity (Wildman–Crippen MR) is 103 cm³/mol. The van der Waals surface area contributed by atoms with E-state index in [2.05, 4.69) is 10.3 Å². The van der Waals surface area contributed by atoms with Gasteiger partial charge in [-0.25, -0.2) is 9.78 Å². The number of amides is 1. The summed E-state index contributed by atoms with van der Waals surface area (Å²) in [6.07, 6.45) is 1.60. The molecule has 3 heterocycles. The Morgan fingerprint density at radius 1 is 1.21 bits per heavy atom.